The molecule has 0 spiro atoms. The molecule has 33 heavy (non-hydrogen) atoms. The highest BCUT2D eigenvalue weighted by Gasteiger charge is 2.16. The van der Waals surface area contributed by atoms with Gasteiger partial charge >= 0.3 is 0 Å². The highest BCUT2D eigenvalue weighted by atomic mass is 32.1. The summed E-state index contributed by atoms with van der Waals surface area (Å²) in [6, 6.07) is 21.1. The summed E-state index contributed by atoms with van der Waals surface area (Å²) in [5.41, 5.74) is 7.32. The van der Waals surface area contributed by atoms with Gasteiger partial charge in [0, 0.05) is 23.5 Å². The Bertz CT molecular complexity index is 1610. The zero-order chi connectivity index (χ0) is 22.2. The molecule has 0 aliphatic carbocycles. The summed E-state index contributed by atoms with van der Waals surface area (Å²) in [6.07, 6.45) is 4.87. The predicted molar refractivity (Wildman–Crippen MR) is 130 cm³/mol. The second-order valence-corrected chi connectivity index (χ2v) is 8.38. The number of thiazole rings is 1. The van der Waals surface area contributed by atoms with E-state index in [0.717, 1.165) is 26.7 Å². The molecule has 1 amide bonds. The van der Waals surface area contributed by atoms with Crippen molar-refractivity contribution in [2.24, 2.45) is 0 Å². The van der Waals surface area contributed by atoms with E-state index in [2.05, 4.69) is 33.5 Å². The lowest BCUT2D eigenvalue weighted by Gasteiger charge is -2.11. The van der Waals surface area contributed by atoms with Crippen LogP contribution in [0.15, 0.2) is 95.3 Å². The molecule has 0 radical (unpaired) electrons. The Labute approximate surface area is 192 Å². The third-order valence-corrected chi connectivity index (χ3v) is 6.24. The second kappa shape index (κ2) is 7.96. The van der Waals surface area contributed by atoms with Crippen LogP contribution in [0.1, 0.15) is 10.4 Å². The smallest absolute Gasteiger partial charge is 0.256 e. The minimum atomic E-state index is -0.228. The van der Waals surface area contributed by atoms with Gasteiger partial charge in [0.05, 0.1) is 33.1 Å². The van der Waals surface area contributed by atoms with Crippen molar-refractivity contribution in [3.8, 4) is 22.6 Å². The Morgan fingerprint density at radius 2 is 1.76 bits per heavy atom. The summed E-state index contributed by atoms with van der Waals surface area (Å²) in [4.78, 5) is 26.5. The standard InChI is InChI=1S/C26H16N4O2S/c31-26(29-18-7-9-27-10-8-18)20-14-22(24-2-1-11-32-24)30-21-5-3-16(12-19(20)21)17-4-6-25-23(13-17)28-15-33-25/h1-15H,(H,27,29,31). The quantitative estimate of drug-likeness (QED) is 0.337. The molecule has 7 heteroatoms. The summed E-state index contributed by atoms with van der Waals surface area (Å²) < 4.78 is 6.68. The number of furan rings is 1. The average molecular weight is 449 g/mol. The molecule has 1 N–H and O–H groups in total. The van der Waals surface area contributed by atoms with E-state index in [9.17, 15) is 4.79 Å². The third-order valence-electron chi connectivity index (χ3n) is 5.43. The molecule has 0 unspecified atom stereocenters. The number of nitrogens with zero attached hydrogens (tertiary/aromatic N) is 3. The fraction of sp³-hybridized carbons (Fsp3) is 0. The number of nitrogens with one attached hydrogen (secondary N) is 1. The van der Waals surface area contributed by atoms with Crippen LogP contribution >= 0.6 is 11.3 Å². The van der Waals surface area contributed by atoms with Crippen LogP contribution in [0.2, 0.25) is 0 Å². The summed E-state index contributed by atoms with van der Waals surface area (Å²) in [5.74, 6) is 0.376. The maximum absolute atomic E-state index is 13.3. The largest absolute Gasteiger partial charge is 0.463 e. The van der Waals surface area contributed by atoms with E-state index in [4.69, 9.17) is 9.40 Å². The van der Waals surface area contributed by atoms with Crippen molar-refractivity contribution in [2.75, 3.05) is 5.32 Å². The first kappa shape index (κ1) is 19.3. The van der Waals surface area contributed by atoms with Crippen LogP contribution in [0.3, 0.4) is 0 Å². The molecule has 4 heterocycles. The molecule has 158 valence electrons. The van der Waals surface area contributed by atoms with Crippen LogP contribution in [0.4, 0.5) is 5.69 Å². The number of anilines is 1. The fourth-order valence-corrected chi connectivity index (χ4v) is 4.47. The van der Waals surface area contributed by atoms with Crippen molar-refractivity contribution in [1.29, 1.82) is 0 Å². The maximum atomic E-state index is 13.3. The normalized spacial score (nSPS) is 11.2. The predicted octanol–water partition coefficient (Wildman–Crippen LogP) is 6.42. The van der Waals surface area contributed by atoms with Crippen LogP contribution in [-0.2, 0) is 0 Å². The molecule has 0 fully saturated rings. The molecule has 6 aromatic rings. The van der Waals surface area contributed by atoms with Crippen LogP contribution in [0.25, 0.3) is 43.7 Å². The Kier molecular flexibility index (Phi) is 4.66. The van der Waals surface area contributed by atoms with Gasteiger partial charge in [-0.15, -0.1) is 11.3 Å². The lowest BCUT2D eigenvalue weighted by Crippen LogP contribution is -2.13. The fourth-order valence-electron chi connectivity index (χ4n) is 3.81. The SMILES string of the molecule is O=C(Nc1ccncc1)c1cc(-c2ccco2)nc2ccc(-c3ccc4scnc4c3)cc12. The molecule has 2 aromatic carbocycles. The van der Waals surface area contributed by atoms with Crippen molar-refractivity contribution in [3.05, 3.63) is 96.5 Å². The topological polar surface area (TPSA) is 80.9 Å². The first-order valence-corrected chi connectivity index (χ1v) is 11.2. The van der Waals surface area contributed by atoms with E-state index in [1.807, 2.05) is 29.8 Å². The number of hydrogen-bond donors (Lipinski definition) is 1. The van der Waals surface area contributed by atoms with Gasteiger partial charge in [-0.3, -0.25) is 9.78 Å². The van der Waals surface area contributed by atoms with Crippen molar-refractivity contribution >= 4 is 44.1 Å². The van der Waals surface area contributed by atoms with Gasteiger partial charge in [0.2, 0.25) is 0 Å². The van der Waals surface area contributed by atoms with Gasteiger partial charge < -0.3 is 9.73 Å². The molecule has 0 bridgehead atoms. The molecule has 6 rings (SSSR count). The number of rotatable bonds is 4. The highest BCUT2D eigenvalue weighted by molar-refractivity contribution is 7.16. The molecule has 0 saturated carbocycles. The van der Waals surface area contributed by atoms with Gasteiger partial charge in [-0.05, 0) is 65.7 Å². The zero-order valence-electron chi connectivity index (χ0n) is 17.2. The van der Waals surface area contributed by atoms with Crippen LogP contribution in [-0.4, -0.2) is 20.9 Å². The molecular formula is C26H16N4O2S. The number of carbonyl (C=O) groups is 1. The summed E-state index contributed by atoms with van der Waals surface area (Å²) in [5, 5.41) is 3.71. The zero-order valence-corrected chi connectivity index (χ0v) is 18.0. The summed E-state index contributed by atoms with van der Waals surface area (Å²) in [7, 11) is 0. The van der Waals surface area contributed by atoms with Crippen molar-refractivity contribution in [2.45, 2.75) is 0 Å². The first-order chi connectivity index (χ1) is 16.2. The van der Waals surface area contributed by atoms with Gasteiger partial charge in [-0.2, -0.15) is 0 Å². The Hall–Kier alpha value is -4.36. The Morgan fingerprint density at radius 1 is 0.909 bits per heavy atom. The van der Waals surface area contributed by atoms with E-state index in [-0.39, 0.29) is 5.91 Å². The maximum Gasteiger partial charge on any atom is 0.256 e. The molecule has 0 saturated heterocycles. The van der Waals surface area contributed by atoms with Crippen molar-refractivity contribution < 1.29 is 9.21 Å². The molecular weight excluding hydrogens is 432 g/mol. The third kappa shape index (κ3) is 3.64. The van der Waals surface area contributed by atoms with E-state index in [1.54, 1.807) is 54.3 Å². The average Bonchev–Trinajstić information content (AvgIpc) is 3.55. The number of amides is 1. The van der Waals surface area contributed by atoms with E-state index >= 15 is 0 Å². The van der Waals surface area contributed by atoms with Gasteiger partial charge in [-0.25, -0.2) is 9.97 Å². The van der Waals surface area contributed by atoms with Gasteiger partial charge in [-0.1, -0.05) is 12.1 Å². The number of benzene rings is 2. The first-order valence-electron chi connectivity index (χ1n) is 10.3. The number of aromatic nitrogens is 3. The second-order valence-electron chi connectivity index (χ2n) is 7.49. The minimum Gasteiger partial charge on any atom is -0.463 e. The Morgan fingerprint density at radius 3 is 2.61 bits per heavy atom. The number of hydrogen-bond acceptors (Lipinski definition) is 6. The van der Waals surface area contributed by atoms with E-state index < -0.39 is 0 Å². The van der Waals surface area contributed by atoms with Crippen LogP contribution < -0.4 is 5.32 Å². The number of pyridine rings is 2. The molecule has 0 atom stereocenters. The van der Waals surface area contributed by atoms with E-state index in [1.165, 1.54) is 0 Å². The molecule has 6 nitrogen and oxygen atoms in total. The highest BCUT2D eigenvalue weighted by Crippen LogP contribution is 2.31. The lowest BCUT2D eigenvalue weighted by molar-refractivity contribution is 0.102. The van der Waals surface area contributed by atoms with Gasteiger partial charge in [0.25, 0.3) is 5.91 Å². The number of fused-ring (bicyclic) bond motifs is 2. The van der Waals surface area contributed by atoms with Crippen LogP contribution in [0.5, 0.6) is 0 Å². The summed E-state index contributed by atoms with van der Waals surface area (Å²) in [6.45, 7) is 0. The van der Waals surface area contributed by atoms with E-state index in [0.29, 0.717) is 28.2 Å². The summed E-state index contributed by atoms with van der Waals surface area (Å²) >= 11 is 1.61. The van der Waals surface area contributed by atoms with Crippen LogP contribution in [0, 0.1) is 0 Å². The van der Waals surface area contributed by atoms with Gasteiger partial charge in [0.1, 0.15) is 5.69 Å². The molecule has 0 aliphatic rings. The lowest BCUT2D eigenvalue weighted by atomic mass is 9.99. The van der Waals surface area contributed by atoms with Gasteiger partial charge in [0.15, 0.2) is 5.76 Å². The van der Waals surface area contributed by atoms with Crippen molar-refractivity contribution in [3.63, 3.8) is 0 Å². The Balaban J connectivity index is 1.51. The van der Waals surface area contributed by atoms with Crippen molar-refractivity contribution in [1.82, 2.24) is 15.0 Å². The number of carbonyl (C=O) groups excluding carboxylic acids is 1. The molecule has 0 aliphatic heterocycles. The molecule has 4 aromatic heterocycles. The monoisotopic (exact) mass is 448 g/mol. The minimum absolute atomic E-state index is 0.228.